The molecule has 1 atom stereocenters. The second-order valence-corrected chi connectivity index (χ2v) is 4.79. The Labute approximate surface area is 70.1 Å². The fourth-order valence-electron chi connectivity index (χ4n) is 1.53. The van der Waals surface area contributed by atoms with E-state index < -0.39 is 0 Å². The van der Waals surface area contributed by atoms with Gasteiger partial charge in [0.15, 0.2) is 0 Å². The van der Waals surface area contributed by atoms with Gasteiger partial charge < -0.3 is 4.74 Å². The molecule has 11 heavy (non-hydrogen) atoms. The predicted octanol–water partition coefficient (Wildman–Crippen LogP) is 2.99. The smallest absolute Gasteiger partial charge is 0.0702 e. The molecule has 0 aromatic carbocycles. The van der Waals surface area contributed by atoms with Gasteiger partial charge in [-0.15, -0.1) is 0 Å². The van der Waals surface area contributed by atoms with Gasteiger partial charge in [0.05, 0.1) is 5.60 Å². The third-order valence-corrected chi connectivity index (χ3v) is 3.06. The van der Waals surface area contributed by atoms with Crippen LogP contribution in [0.3, 0.4) is 0 Å². The van der Waals surface area contributed by atoms with Gasteiger partial charge in [0, 0.05) is 6.61 Å². The average molecular weight is 156 g/mol. The number of hydrogen-bond donors (Lipinski definition) is 0. The van der Waals surface area contributed by atoms with Gasteiger partial charge in [0.1, 0.15) is 0 Å². The van der Waals surface area contributed by atoms with E-state index in [1.54, 1.807) is 0 Å². The fraction of sp³-hybridized carbons (Fsp3) is 1.00. The van der Waals surface area contributed by atoms with Crippen molar-refractivity contribution < 1.29 is 4.74 Å². The van der Waals surface area contributed by atoms with Crippen molar-refractivity contribution in [2.24, 2.45) is 5.41 Å². The topological polar surface area (TPSA) is 9.23 Å². The maximum atomic E-state index is 5.83. The van der Waals surface area contributed by atoms with E-state index in [0.29, 0.717) is 0 Å². The van der Waals surface area contributed by atoms with Gasteiger partial charge in [-0.3, -0.25) is 0 Å². The lowest BCUT2D eigenvalue weighted by Gasteiger charge is -2.44. The van der Waals surface area contributed by atoms with Crippen molar-refractivity contribution in [1.82, 2.24) is 0 Å². The SMILES string of the molecule is CC(C)(C)C1(C)CCCCO1. The molecule has 1 aliphatic rings. The van der Waals surface area contributed by atoms with E-state index in [9.17, 15) is 0 Å². The first-order valence-corrected chi connectivity index (χ1v) is 4.60. The van der Waals surface area contributed by atoms with Crippen molar-refractivity contribution >= 4 is 0 Å². The number of ether oxygens (including phenoxy) is 1. The van der Waals surface area contributed by atoms with Crippen LogP contribution in [0.25, 0.3) is 0 Å². The minimum Gasteiger partial charge on any atom is -0.375 e. The summed E-state index contributed by atoms with van der Waals surface area (Å²) in [6.45, 7) is 9.98. The van der Waals surface area contributed by atoms with Gasteiger partial charge in [-0.2, -0.15) is 0 Å². The zero-order valence-corrected chi connectivity index (χ0v) is 8.24. The predicted molar refractivity (Wildman–Crippen MR) is 47.7 cm³/mol. The van der Waals surface area contributed by atoms with Crippen molar-refractivity contribution in [3.05, 3.63) is 0 Å². The lowest BCUT2D eigenvalue weighted by Crippen LogP contribution is -2.44. The molecule has 0 radical (unpaired) electrons. The van der Waals surface area contributed by atoms with Crippen LogP contribution < -0.4 is 0 Å². The molecule has 0 amide bonds. The van der Waals surface area contributed by atoms with Crippen molar-refractivity contribution in [1.29, 1.82) is 0 Å². The van der Waals surface area contributed by atoms with E-state index in [-0.39, 0.29) is 11.0 Å². The molecule has 1 aliphatic heterocycles. The van der Waals surface area contributed by atoms with Crippen LogP contribution in [0.2, 0.25) is 0 Å². The van der Waals surface area contributed by atoms with Crippen LogP contribution in [0, 0.1) is 5.41 Å². The fourth-order valence-corrected chi connectivity index (χ4v) is 1.53. The normalized spacial score (nSPS) is 33.8. The van der Waals surface area contributed by atoms with E-state index in [1.807, 2.05) is 0 Å². The second kappa shape index (κ2) is 2.78. The summed E-state index contributed by atoms with van der Waals surface area (Å²) in [6.07, 6.45) is 3.79. The van der Waals surface area contributed by atoms with Gasteiger partial charge in [0.25, 0.3) is 0 Å². The van der Waals surface area contributed by atoms with Crippen LogP contribution in [0.4, 0.5) is 0 Å². The molecule has 0 aliphatic carbocycles. The van der Waals surface area contributed by atoms with Crippen LogP contribution >= 0.6 is 0 Å². The van der Waals surface area contributed by atoms with E-state index in [4.69, 9.17) is 4.74 Å². The van der Waals surface area contributed by atoms with Gasteiger partial charge in [-0.1, -0.05) is 20.8 Å². The molecule has 1 unspecified atom stereocenters. The van der Waals surface area contributed by atoms with Crippen molar-refractivity contribution in [2.75, 3.05) is 6.61 Å². The maximum absolute atomic E-state index is 5.83. The summed E-state index contributed by atoms with van der Waals surface area (Å²) < 4.78 is 5.83. The molecular weight excluding hydrogens is 136 g/mol. The Morgan fingerprint density at radius 3 is 2.09 bits per heavy atom. The molecule has 1 nitrogen and oxygen atoms in total. The molecule has 0 N–H and O–H groups in total. The molecule has 1 saturated heterocycles. The van der Waals surface area contributed by atoms with Gasteiger partial charge in [0.2, 0.25) is 0 Å². The highest BCUT2D eigenvalue weighted by atomic mass is 16.5. The lowest BCUT2D eigenvalue weighted by molar-refractivity contribution is -0.130. The molecule has 1 rings (SSSR count). The van der Waals surface area contributed by atoms with Gasteiger partial charge in [-0.05, 0) is 31.6 Å². The van der Waals surface area contributed by atoms with E-state index in [2.05, 4.69) is 27.7 Å². The van der Waals surface area contributed by atoms with Crippen LogP contribution in [0.1, 0.15) is 47.0 Å². The molecule has 0 spiro atoms. The first-order valence-electron chi connectivity index (χ1n) is 4.60. The molecule has 0 aromatic heterocycles. The van der Waals surface area contributed by atoms with Gasteiger partial charge in [-0.25, -0.2) is 0 Å². The zero-order chi connectivity index (χ0) is 8.54. The zero-order valence-electron chi connectivity index (χ0n) is 8.24. The molecular formula is C10H20O. The van der Waals surface area contributed by atoms with E-state index >= 15 is 0 Å². The third kappa shape index (κ3) is 1.76. The standard InChI is InChI=1S/C10H20O/c1-9(2,3)10(4)7-5-6-8-11-10/h5-8H2,1-4H3. The van der Waals surface area contributed by atoms with Crippen LogP contribution in [0.5, 0.6) is 0 Å². The Morgan fingerprint density at radius 1 is 1.18 bits per heavy atom. The molecule has 66 valence electrons. The highest BCUT2D eigenvalue weighted by Crippen LogP contribution is 2.39. The van der Waals surface area contributed by atoms with E-state index in [0.717, 1.165) is 6.61 Å². The Balaban J connectivity index is 2.64. The van der Waals surface area contributed by atoms with Crippen molar-refractivity contribution in [2.45, 2.75) is 52.6 Å². The number of rotatable bonds is 0. The summed E-state index contributed by atoms with van der Waals surface area (Å²) >= 11 is 0. The van der Waals surface area contributed by atoms with Crippen LogP contribution in [-0.4, -0.2) is 12.2 Å². The molecule has 0 aromatic rings. The molecule has 0 bridgehead atoms. The summed E-state index contributed by atoms with van der Waals surface area (Å²) in [5.74, 6) is 0. The average Bonchev–Trinajstić information content (AvgIpc) is 1.87. The maximum Gasteiger partial charge on any atom is 0.0702 e. The summed E-state index contributed by atoms with van der Waals surface area (Å²) in [6, 6.07) is 0. The van der Waals surface area contributed by atoms with E-state index in [1.165, 1.54) is 19.3 Å². The summed E-state index contributed by atoms with van der Waals surface area (Å²) in [5, 5.41) is 0. The molecule has 1 heterocycles. The Kier molecular flexibility index (Phi) is 2.29. The number of hydrogen-bond acceptors (Lipinski definition) is 1. The third-order valence-electron chi connectivity index (χ3n) is 3.06. The largest absolute Gasteiger partial charge is 0.375 e. The Morgan fingerprint density at radius 2 is 1.82 bits per heavy atom. The first-order chi connectivity index (χ1) is 4.96. The quantitative estimate of drug-likeness (QED) is 0.524. The first kappa shape index (κ1) is 9.05. The van der Waals surface area contributed by atoms with Crippen LogP contribution in [-0.2, 0) is 4.74 Å². The monoisotopic (exact) mass is 156 g/mol. The summed E-state index contributed by atoms with van der Waals surface area (Å²) in [5.41, 5.74) is 0.401. The molecule has 1 fully saturated rings. The Bertz CT molecular complexity index is 126. The minimum absolute atomic E-state index is 0.116. The summed E-state index contributed by atoms with van der Waals surface area (Å²) in [4.78, 5) is 0. The second-order valence-electron chi connectivity index (χ2n) is 4.79. The Hall–Kier alpha value is -0.0400. The van der Waals surface area contributed by atoms with Crippen molar-refractivity contribution in [3.63, 3.8) is 0 Å². The van der Waals surface area contributed by atoms with Crippen molar-refractivity contribution in [3.8, 4) is 0 Å². The van der Waals surface area contributed by atoms with Gasteiger partial charge >= 0.3 is 0 Å². The lowest BCUT2D eigenvalue weighted by atomic mass is 9.74. The summed E-state index contributed by atoms with van der Waals surface area (Å²) in [7, 11) is 0. The minimum atomic E-state index is 0.116. The highest BCUT2D eigenvalue weighted by molar-refractivity contribution is 4.89. The molecule has 1 heteroatoms. The van der Waals surface area contributed by atoms with Crippen LogP contribution in [0.15, 0.2) is 0 Å². The highest BCUT2D eigenvalue weighted by Gasteiger charge is 2.39. The molecule has 0 saturated carbocycles.